The minimum atomic E-state index is -0.784. The van der Waals surface area contributed by atoms with Gasteiger partial charge in [0, 0.05) is 5.69 Å². The zero-order chi connectivity index (χ0) is 19.3. The Balaban J connectivity index is 1.85. The van der Waals surface area contributed by atoms with E-state index in [2.05, 4.69) is 16.0 Å². The molecule has 0 spiro atoms. The van der Waals surface area contributed by atoms with Crippen molar-refractivity contribution in [3.63, 3.8) is 0 Å². The first-order valence-corrected chi connectivity index (χ1v) is 8.26. The van der Waals surface area contributed by atoms with Crippen LogP contribution in [0.3, 0.4) is 0 Å². The minimum Gasteiger partial charge on any atom is -0.472 e. The maximum atomic E-state index is 12.1. The predicted octanol–water partition coefficient (Wildman–Crippen LogP) is 2.08. The molecule has 1 aromatic heterocycles. The van der Waals surface area contributed by atoms with Crippen molar-refractivity contribution >= 4 is 23.4 Å². The molecule has 1 aromatic carbocycles. The molecule has 1 heterocycles. The molecule has 0 aliphatic heterocycles. The molecule has 1 unspecified atom stereocenters. The van der Waals surface area contributed by atoms with Gasteiger partial charge in [-0.25, -0.2) is 0 Å². The predicted molar refractivity (Wildman–Crippen MR) is 97.9 cm³/mol. The molecule has 3 N–H and O–H groups in total. The molecule has 0 aliphatic rings. The number of furan rings is 1. The lowest BCUT2D eigenvalue weighted by molar-refractivity contribution is -0.125. The van der Waals surface area contributed by atoms with Gasteiger partial charge in [0.15, 0.2) is 0 Å². The molecule has 2 aromatic rings. The van der Waals surface area contributed by atoms with Gasteiger partial charge >= 0.3 is 0 Å². The van der Waals surface area contributed by atoms with E-state index in [9.17, 15) is 14.4 Å². The van der Waals surface area contributed by atoms with E-state index in [1.165, 1.54) is 18.6 Å². The minimum absolute atomic E-state index is 0.183. The average Bonchev–Trinajstić information content (AvgIpc) is 3.10. The largest absolute Gasteiger partial charge is 0.472 e. The summed E-state index contributed by atoms with van der Waals surface area (Å²) in [6.45, 7) is 7.19. The van der Waals surface area contributed by atoms with E-state index in [-0.39, 0.29) is 12.5 Å². The normalized spacial score (nSPS) is 11.5. The van der Waals surface area contributed by atoms with Crippen LogP contribution in [0.15, 0.2) is 35.1 Å². The Morgan fingerprint density at radius 2 is 1.77 bits per heavy atom. The quantitative estimate of drug-likeness (QED) is 0.737. The molecule has 7 nitrogen and oxygen atoms in total. The number of nitrogens with one attached hydrogen (secondary N) is 3. The molecule has 7 heteroatoms. The van der Waals surface area contributed by atoms with Crippen molar-refractivity contribution in [1.29, 1.82) is 0 Å². The summed E-state index contributed by atoms with van der Waals surface area (Å²) in [5.41, 5.74) is 4.11. The number of anilines is 1. The van der Waals surface area contributed by atoms with Gasteiger partial charge in [0.1, 0.15) is 12.3 Å². The summed E-state index contributed by atoms with van der Waals surface area (Å²) < 4.78 is 4.83. The third-order valence-corrected chi connectivity index (χ3v) is 3.89. The first-order chi connectivity index (χ1) is 12.3. The fourth-order valence-corrected chi connectivity index (χ4v) is 2.62. The van der Waals surface area contributed by atoms with Crippen LogP contribution < -0.4 is 16.0 Å². The maximum absolute atomic E-state index is 12.1. The van der Waals surface area contributed by atoms with Gasteiger partial charge in [-0.2, -0.15) is 0 Å². The van der Waals surface area contributed by atoms with Crippen LogP contribution in [0, 0.1) is 20.8 Å². The molecule has 0 radical (unpaired) electrons. The second-order valence-corrected chi connectivity index (χ2v) is 6.25. The molecule has 26 heavy (non-hydrogen) atoms. The van der Waals surface area contributed by atoms with Gasteiger partial charge < -0.3 is 20.4 Å². The summed E-state index contributed by atoms with van der Waals surface area (Å²) in [5.74, 6) is -1.20. The van der Waals surface area contributed by atoms with Crippen LogP contribution in [0.5, 0.6) is 0 Å². The molecule has 0 bridgehead atoms. The smallest absolute Gasteiger partial charge is 0.255 e. The van der Waals surface area contributed by atoms with E-state index in [4.69, 9.17) is 4.42 Å². The number of rotatable bonds is 6. The van der Waals surface area contributed by atoms with Gasteiger partial charge in [0.25, 0.3) is 5.91 Å². The Hall–Kier alpha value is -3.09. The van der Waals surface area contributed by atoms with Crippen molar-refractivity contribution in [3.8, 4) is 0 Å². The Labute approximate surface area is 152 Å². The number of carbonyl (C=O) groups is 3. The molecule has 1 atom stereocenters. The fourth-order valence-electron chi connectivity index (χ4n) is 2.62. The average molecular weight is 357 g/mol. The number of amides is 3. The number of benzene rings is 1. The molecule has 2 rings (SSSR count). The zero-order valence-corrected chi connectivity index (χ0v) is 15.3. The highest BCUT2D eigenvalue weighted by atomic mass is 16.3. The van der Waals surface area contributed by atoms with Gasteiger partial charge in [-0.3, -0.25) is 14.4 Å². The van der Waals surface area contributed by atoms with Gasteiger partial charge in [-0.15, -0.1) is 0 Å². The van der Waals surface area contributed by atoms with Crippen molar-refractivity contribution in [2.75, 3.05) is 11.9 Å². The standard InChI is InChI=1S/C19H23N3O4/c1-11-7-12(2)17(13(3)8-11)22-16(23)9-20-18(24)14(4)21-19(25)15-5-6-26-10-15/h5-8,10,14H,9H2,1-4H3,(H,20,24)(H,21,25)(H,22,23). The third kappa shape index (κ3) is 4.95. The lowest BCUT2D eigenvalue weighted by Crippen LogP contribution is -2.46. The number of hydrogen-bond acceptors (Lipinski definition) is 4. The van der Waals surface area contributed by atoms with E-state index in [0.29, 0.717) is 5.56 Å². The monoisotopic (exact) mass is 357 g/mol. The van der Waals surface area contributed by atoms with Gasteiger partial charge in [-0.1, -0.05) is 17.7 Å². The second-order valence-electron chi connectivity index (χ2n) is 6.25. The Morgan fingerprint density at radius 1 is 1.12 bits per heavy atom. The van der Waals surface area contributed by atoms with E-state index in [0.717, 1.165) is 22.4 Å². The summed E-state index contributed by atoms with van der Waals surface area (Å²) in [4.78, 5) is 36.0. The molecule has 0 aliphatic carbocycles. The van der Waals surface area contributed by atoms with Crippen molar-refractivity contribution in [1.82, 2.24) is 10.6 Å². The summed E-state index contributed by atoms with van der Waals surface area (Å²) >= 11 is 0. The van der Waals surface area contributed by atoms with Gasteiger partial charge in [-0.05, 0) is 44.9 Å². The van der Waals surface area contributed by atoms with E-state index < -0.39 is 17.9 Å². The van der Waals surface area contributed by atoms with Crippen LogP contribution in [-0.4, -0.2) is 30.3 Å². The topological polar surface area (TPSA) is 100 Å². The summed E-state index contributed by atoms with van der Waals surface area (Å²) in [7, 11) is 0. The molecule has 0 fully saturated rings. The summed E-state index contributed by atoms with van der Waals surface area (Å²) in [6, 6.07) is 4.68. The van der Waals surface area contributed by atoms with Crippen LogP contribution in [0.2, 0.25) is 0 Å². The van der Waals surface area contributed by atoms with Crippen LogP contribution in [0.4, 0.5) is 5.69 Å². The number of hydrogen-bond donors (Lipinski definition) is 3. The fraction of sp³-hybridized carbons (Fsp3) is 0.316. The molecule has 138 valence electrons. The number of carbonyl (C=O) groups excluding carboxylic acids is 3. The molecule has 3 amide bonds. The van der Waals surface area contributed by atoms with Crippen molar-refractivity contribution < 1.29 is 18.8 Å². The zero-order valence-electron chi connectivity index (χ0n) is 15.3. The summed E-state index contributed by atoms with van der Waals surface area (Å²) in [6.07, 6.45) is 2.67. The Morgan fingerprint density at radius 3 is 2.35 bits per heavy atom. The first kappa shape index (κ1) is 19.2. The van der Waals surface area contributed by atoms with Gasteiger partial charge in [0.2, 0.25) is 11.8 Å². The molecule has 0 saturated carbocycles. The first-order valence-electron chi connectivity index (χ1n) is 8.26. The van der Waals surface area contributed by atoms with Crippen LogP contribution in [0.25, 0.3) is 0 Å². The molecular formula is C19H23N3O4. The molecule has 0 saturated heterocycles. The second kappa shape index (κ2) is 8.33. The number of aryl methyl sites for hydroxylation is 3. The third-order valence-electron chi connectivity index (χ3n) is 3.89. The highest BCUT2D eigenvalue weighted by Gasteiger charge is 2.18. The van der Waals surface area contributed by atoms with E-state index >= 15 is 0 Å². The Bertz CT molecular complexity index is 789. The highest BCUT2D eigenvalue weighted by Crippen LogP contribution is 2.21. The Kier molecular flexibility index (Phi) is 6.16. The SMILES string of the molecule is Cc1cc(C)c(NC(=O)CNC(=O)C(C)NC(=O)c2ccoc2)c(C)c1. The van der Waals surface area contributed by atoms with Crippen molar-refractivity contribution in [2.45, 2.75) is 33.7 Å². The summed E-state index contributed by atoms with van der Waals surface area (Å²) in [5, 5.41) is 7.86. The van der Waals surface area contributed by atoms with Crippen LogP contribution >= 0.6 is 0 Å². The van der Waals surface area contributed by atoms with Crippen molar-refractivity contribution in [3.05, 3.63) is 53.0 Å². The highest BCUT2D eigenvalue weighted by molar-refractivity contribution is 5.99. The lowest BCUT2D eigenvalue weighted by Gasteiger charge is -2.15. The molecular weight excluding hydrogens is 334 g/mol. The van der Waals surface area contributed by atoms with Gasteiger partial charge in [0.05, 0.1) is 18.4 Å². The van der Waals surface area contributed by atoms with Crippen LogP contribution in [-0.2, 0) is 9.59 Å². The van der Waals surface area contributed by atoms with Crippen molar-refractivity contribution in [2.24, 2.45) is 0 Å². The lowest BCUT2D eigenvalue weighted by atomic mass is 10.1. The maximum Gasteiger partial charge on any atom is 0.255 e. The van der Waals surface area contributed by atoms with E-state index in [1.54, 1.807) is 6.92 Å². The van der Waals surface area contributed by atoms with Crippen LogP contribution in [0.1, 0.15) is 34.0 Å². The van der Waals surface area contributed by atoms with E-state index in [1.807, 2.05) is 32.9 Å².